The molecule has 26 heavy (non-hydrogen) atoms. The zero-order chi connectivity index (χ0) is 18.5. The number of nitrogens with zero attached hydrogens (tertiary/aromatic N) is 1. The molecule has 3 rings (SSSR count). The third-order valence-corrected chi connectivity index (χ3v) is 4.17. The number of amides is 3. The molecule has 0 bridgehead atoms. The van der Waals surface area contributed by atoms with Gasteiger partial charge in [-0.15, -0.1) is 0 Å². The van der Waals surface area contributed by atoms with Crippen LogP contribution in [0.2, 0.25) is 5.02 Å². The van der Waals surface area contributed by atoms with Crippen molar-refractivity contribution >= 4 is 29.6 Å². The van der Waals surface area contributed by atoms with Crippen molar-refractivity contribution in [2.45, 2.75) is 20.0 Å². The van der Waals surface area contributed by atoms with Crippen LogP contribution in [0.25, 0.3) is 6.08 Å². The summed E-state index contributed by atoms with van der Waals surface area (Å²) >= 11 is 5.86. The first-order chi connectivity index (χ1) is 12.6. The van der Waals surface area contributed by atoms with Crippen LogP contribution in [-0.2, 0) is 11.4 Å². The summed E-state index contributed by atoms with van der Waals surface area (Å²) in [6.07, 6.45) is 2.39. The standard InChI is InChI=1S/C20H19ClN2O3/c1-2-11-23-19(24)18(22-20(23)25)12-14-5-9-17(10-6-14)26-13-15-3-7-16(21)8-4-15/h3-10,12H,2,11,13H2,1H3,(H,22,25)/b18-12+. The van der Waals surface area contributed by atoms with Gasteiger partial charge in [0, 0.05) is 11.6 Å². The fourth-order valence-corrected chi connectivity index (χ4v) is 2.70. The maximum Gasteiger partial charge on any atom is 0.329 e. The number of carbonyl (C=O) groups is 2. The average Bonchev–Trinajstić information content (AvgIpc) is 2.90. The van der Waals surface area contributed by atoms with Gasteiger partial charge in [0.25, 0.3) is 5.91 Å². The van der Waals surface area contributed by atoms with Gasteiger partial charge < -0.3 is 10.1 Å². The minimum atomic E-state index is -0.369. The summed E-state index contributed by atoms with van der Waals surface area (Å²) in [5.41, 5.74) is 2.12. The van der Waals surface area contributed by atoms with Gasteiger partial charge in [-0.05, 0) is 47.9 Å². The summed E-state index contributed by atoms with van der Waals surface area (Å²) in [4.78, 5) is 25.2. The third-order valence-electron chi connectivity index (χ3n) is 3.92. The van der Waals surface area contributed by atoms with Crippen molar-refractivity contribution in [1.29, 1.82) is 0 Å². The highest BCUT2D eigenvalue weighted by atomic mass is 35.5. The highest BCUT2D eigenvalue weighted by Gasteiger charge is 2.32. The molecular weight excluding hydrogens is 352 g/mol. The number of benzene rings is 2. The molecule has 0 aliphatic carbocycles. The summed E-state index contributed by atoms with van der Waals surface area (Å²) in [7, 11) is 0. The predicted octanol–water partition coefficient (Wildman–Crippen LogP) is 4.22. The van der Waals surface area contributed by atoms with E-state index in [1.165, 1.54) is 4.90 Å². The van der Waals surface area contributed by atoms with Crippen LogP contribution < -0.4 is 10.1 Å². The third kappa shape index (κ3) is 4.24. The fourth-order valence-electron chi connectivity index (χ4n) is 2.57. The number of hydrogen-bond acceptors (Lipinski definition) is 3. The normalized spacial score (nSPS) is 15.5. The number of rotatable bonds is 6. The van der Waals surface area contributed by atoms with Crippen LogP contribution in [0.4, 0.5) is 4.79 Å². The molecule has 0 saturated carbocycles. The smallest absolute Gasteiger partial charge is 0.329 e. The molecule has 3 amide bonds. The predicted molar refractivity (Wildman–Crippen MR) is 101 cm³/mol. The Labute approximate surface area is 157 Å². The topological polar surface area (TPSA) is 58.6 Å². The number of imide groups is 1. The van der Waals surface area contributed by atoms with Crippen LogP contribution >= 0.6 is 11.6 Å². The van der Waals surface area contributed by atoms with Crippen molar-refractivity contribution in [2.24, 2.45) is 0 Å². The fraction of sp³-hybridized carbons (Fsp3) is 0.200. The molecule has 0 radical (unpaired) electrons. The molecule has 5 nitrogen and oxygen atoms in total. The van der Waals surface area contributed by atoms with Crippen LogP contribution in [0.3, 0.4) is 0 Å². The molecule has 1 saturated heterocycles. The lowest BCUT2D eigenvalue weighted by atomic mass is 10.2. The van der Waals surface area contributed by atoms with Crippen LogP contribution in [0.5, 0.6) is 5.75 Å². The van der Waals surface area contributed by atoms with Gasteiger partial charge in [0.05, 0.1) is 0 Å². The number of nitrogens with one attached hydrogen (secondary N) is 1. The van der Waals surface area contributed by atoms with Gasteiger partial charge in [0.1, 0.15) is 18.1 Å². The van der Waals surface area contributed by atoms with Crippen LogP contribution in [-0.4, -0.2) is 23.4 Å². The molecule has 1 heterocycles. The van der Waals surface area contributed by atoms with E-state index in [4.69, 9.17) is 16.3 Å². The van der Waals surface area contributed by atoms with Crippen molar-refractivity contribution in [3.63, 3.8) is 0 Å². The number of ether oxygens (including phenoxy) is 1. The second-order valence-corrected chi connectivity index (χ2v) is 6.37. The zero-order valence-electron chi connectivity index (χ0n) is 14.4. The zero-order valence-corrected chi connectivity index (χ0v) is 15.1. The SMILES string of the molecule is CCCN1C(=O)N/C(=C/c2ccc(OCc3ccc(Cl)cc3)cc2)C1=O. The first-order valence-corrected chi connectivity index (χ1v) is 8.76. The molecule has 1 N–H and O–H groups in total. The van der Waals surface area contributed by atoms with E-state index >= 15 is 0 Å². The van der Waals surface area contributed by atoms with Gasteiger partial charge in [-0.3, -0.25) is 9.69 Å². The van der Waals surface area contributed by atoms with E-state index in [2.05, 4.69) is 5.32 Å². The largest absolute Gasteiger partial charge is 0.489 e. The minimum absolute atomic E-state index is 0.290. The number of urea groups is 1. The second kappa shape index (κ2) is 8.06. The average molecular weight is 371 g/mol. The van der Waals surface area contributed by atoms with Gasteiger partial charge in [0.2, 0.25) is 0 Å². The molecule has 0 atom stereocenters. The summed E-state index contributed by atoms with van der Waals surface area (Å²) in [5, 5.41) is 3.30. The summed E-state index contributed by atoms with van der Waals surface area (Å²) in [6.45, 7) is 2.78. The Morgan fingerprint density at radius 1 is 1.08 bits per heavy atom. The molecule has 0 aromatic heterocycles. The van der Waals surface area contributed by atoms with Crippen LogP contribution in [0.15, 0.2) is 54.2 Å². The van der Waals surface area contributed by atoms with Gasteiger partial charge in [0.15, 0.2) is 0 Å². The van der Waals surface area contributed by atoms with E-state index in [-0.39, 0.29) is 11.9 Å². The van der Waals surface area contributed by atoms with Crippen molar-refractivity contribution in [2.75, 3.05) is 6.54 Å². The molecular formula is C20H19ClN2O3. The molecule has 0 unspecified atom stereocenters. The molecule has 2 aromatic carbocycles. The Bertz CT molecular complexity index is 829. The molecule has 134 valence electrons. The minimum Gasteiger partial charge on any atom is -0.489 e. The van der Waals surface area contributed by atoms with E-state index in [1.54, 1.807) is 6.08 Å². The summed E-state index contributed by atoms with van der Waals surface area (Å²) in [6, 6.07) is 14.4. The first-order valence-electron chi connectivity index (χ1n) is 8.38. The number of carbonyl (C=O) groups excluding carboxylic acids is 2. The lowest BCUT2D eigenvalue weighted by molar-refractivity contribution is -0.122. The highest BCUT2D eigenvalue weighted by molar-refractivity contribution is 6.30. The lowest BCUT2D eigenvalue weighted by Crippen LogP contribution is -2.31. The molecule has 1 fully saturated rings. The number of hydrogen-bond donors (Lipinski definition) is 1. The Hall–Kier alpha value is -2.79. The number of halogens is 1. The van der Waals surface area contributed by atoms with Crippen LogP contribution in [0, 0.1) is 0 Å². The Balaban J connectivity index is 1.63. The molecule has 6 heteroatoms. The van der Waals surface area contributed by atoms with E-state index in [0.717, 1.165) is 23.3 Å². The van der Waals surface area contributed by atoms with Gasteiger partial charge in [-0.1, -0.05) is 42.8 Å². The Morgan fingerprint density at radius 2 is 1.77 bits per heavy atom. The van der Waals surface area contributed by atoms with E-state index in [1.807, 2.05) is 55.5 Å². The van der Waals surface area contributed by atoms with Crippen molar-refractivity contribution in [3.8, 4) is 5.75 Å². The molecule has 1 aliphatic heterocycles. The van der Waals surface area contributed by atoms with Crippen molar-refractivity contribution < 1.29 is 14.3 Å². The van der Waals surface area contributed by atoms with Gasteiger partial charge >= 0.3 is 6.03 Å². The summed E-state index contributed by atoms with van der Waals surface area (Å²) < 4.78 is 5.74. The molecule has 0 spiro atoms. The molecule has 2 aromatic rings. The highest BCUT2D eigenvalue weighted by Crippen LogP contribution is 2.19. The quantitative estimate of drug-likeness (QED) is 0.611. The second-order valence-electron chi connectivity index (χ2n) is 5.93. The Morgan fingerprint density at radius 3 is 2.42 bits per heavy atom. The lowest BCUT2D eigenvalue weighted by Gasteiger charge is -2.08. The van der Waals surface area contributed by atoms with E-state index in [0.29, 0.717) is 23.9 Å². The van der Waals surface area contributed by atoms with Crippen LogP contribution in [0.1, 0.15) is 24.5 Å². The maximum absolute atomic E-state index is 12.2. The van der Waals surface area contributed by atoms with E-state index in [9.17, 15) is 9.59 Å². The van der Waals surface area contributed by atoms with Crippen molar-refractivity contribution in [3.05, 3.63) is 70.4 Å². The maximum atomic E-state index is 12.2. The van der Waals surface area contributed by atoms with Gasteiger partial charge in [-0.2, -0.15) is 0 Å². The first kappa shape index (κ1) is 18.0. The monoisotopic (exact) mass is 370 g/mol. The van der Waals surface area contributed by atoms with Gasteiger partial charge in [-0.25, -0.2) is 4.79 Å². The Kier molecular flexibility index (Phi) is 5.58. The van der Waals surface area contributed by atoms with E-state index < -0.39 is 0 Å². The van der Waals surface area contributed by atoms with Crippen molar-refractivity contribution in [1.82, 2.24) is 10.2 Å². The molecule has 1 aliphatic rings. The summed E-state index contributed by atoms with van der Waals surface area (Å²) in [5.74, 6) is 0.427.